The summed E-state index contributed by atoms with van der Waals surface area (Å²) in [6.45, 7) is 0. The van der Waals surface area contributed by atoms with Gasteiger partial charge in [-0.1, -0.05) is 18.2 Å². The number of benzene rings is 1. The highest BCUT2D eigenvalue weighted by molar-refractivity contribution is 7.98. The zero-order valence-electron chi connectivity index (χ0n) is 22.0. The van der Waals surface area contributed by atoms with Crippen LogP contribution in [0.15, 0.2) is 30.5 Å². The van der Waals surface area contributed by atoms with Gasteiger partial charge in [0.2, 0.25) is 29.5 Å². The molecule has 218 valence electrons. The van der Waals surface area contributed by atoms with Crippen LogP contribution in [-0.2, 0) is 35.2 Å². The van der Waals surface area contributed by atoms with Gasteiger partial charge in [-0.05, 0) is 36.5 Å². The third-order valence-corrected chi connectivity index (χ3v) is 6.67. The van der Waals surface area contributed by atoms with Gasteiger partial charge in [0.15, 0.2) is 0 Å². The van der Waals surface area contributed by atoms with Gasteiger partial charge in [-0.2, -0.15) is 11.8 Å². The molecule has 4 unspecified atom stereocenters. The number of hydrogen-bond donors (Lipinski definition) is 8. The van der Waals surface area contributed by atoms with E-state index in [0.717, 1.165) is 10.9 Å². The van der Waals surface area contributed by atoms with Crippen LogP contribution in [0.3, 0.4) is 0 Å². The number of nitrogens with two attached hydrogens (primary N) is 3. The van der Waals surface area contributed by atoms with Crippen LogP contribution in [-0.4, -0.2) is 81.8 Å². The molecule has 1 aromatic carbocycles. The Morgan fingerprint density at radius 2 is 1.52 bits per heavy atom. The highest BCUT2D eigenvalue weighted by Gasteiger charge is 2.31. The van der Waals surface area contributed by atoms with Crippen molar-refractivity contribution < 1.29 is 33.9 Å². The lowest BCUT2D eigenvalue weighted by atomic mass is 10.0. The zero-order chi connectivity index (χ0) is 29.8. The van der Waals surface area contributed by atoms with Crippen molar-refractivity contribution in [2.24, 2.45) is 17.2 Å². The summed E-state index contributed by atoms with van der Waals surface area (Å²) in [5, 5.41) is 17.8. The fourth-order valence-electron chi connectivity index (χ4n) is 3.91. The van der Waals surface area contributed by atoms with E-state index in [4.69, 9.17) is 17.2 Å². The van der Waals surface area contributed by atoms with E-state index in [2.05, 4.69) is 20.9 Å². The normalized spacial score (nSPS) is 13.9. The monoisotopic (exact) mass is 577 g/mol. The molecule has 0 spiro atoms. The number of hydrogen-bond acceptors (Lipinski definition) is 8. The third kappa shape index (κ3) is 9.89. The molecule has 11 N–H and O–H groups in total. The number of carbonyl (C=O) groups is 6. The predicted octanol–water partition coefficient (Wildman–Crippen LogP) is -1.53. The summed E-state index contributed by atoms with van der Waals surface area (Å²) in [5.74, 6) is -4.71. The number of rotatable bonds is 17. The third-order valence-electron chi connectivity index (χ3n) is 6.03. The number of para-hydroxylation sites is 1. The maximum Gasteiger partial charge on any atom is 0.326 e. The molecular formula is C25H35N7O7S. The Labute approximate surface area is 234 Å². The SMILES string of the molecule is CSCCC(NC(=O)C(N)CC(N)=O)C(=O)NC(Cc1c[nH]c2ccccc12)C(=O)NC(CCC(N)=O)C(=O)O. The fraction of sp³-hybridized carbons (Fsp3) is 0.440. The zero-order valence-corrected chi connectivity index (χ0v) is 22.8. The molecule has 15 heteroatoms. The Morgan fingerprint density at radius 1 is 0.900 bits per heavy atom. The van der Waals surface area contributed by atoms with Gasteiger partial charge in [0, 0.05) is 29.9 Å². The van der Waals surface area contributed by atoms with Crippen molar-refractivity contribution in [3.8, 4) is 0 Å². The van der Waals surface area contributed by atoms with Gasteiger partial charge >= 0.3 is 5.97 Å². The van der Waals surface area contributed by atoms with E-state index in [9.17, 15) is 33.9 Å². The molecule has 14 nitrogen and oxygen atoms in total. The molecule has 5 amide bonds. The molecule has 1 heterocycles. The second-order valence-electron chi connectivity index (χ2n) is 9.15. The Hall–Kier alpha value is -4.11. The molecule has 0 bridgehead atoms. The maximum atomic E-state index is 13.3. The van der Waals surface area contributed by atoms with Gasteiger partial charge in [-0.3, -0.25) is 24.0 Å². The number of aromatic nitrogens is 1. The molecule has 0 aliphatic heterocycles. The number of H-pyrrole nitrogens is 1. The van der Waals surface area contributed by atoms with Gasteiger partial charge in [0.05, 0.1) is 12.5 Å². The Kier molecular flexibility index (Phi) is 12.4. The second kappa shape index (κ2) is 15.5. The molecule has 1 aromatic heterocycles. The van der Waals surface area contributed by atoms with Crippen LogP contribution in [0.2, 0.25) is 0 Å². The molecule has 0 aliphatic rings. The molecule has 0 saturated carbocycles. The predicted molar refractivity (Wildman–Crippen MR) is 149 cm³/mol. The first kappa shape index (κ1) is 32.1. The van der Waals surface area contributed by atoms with Gasteiger partial charge in [0.1, 0.15) is 18.1 Å². The van der Waals surface area contributed by atoms with Crippen LogP contribution in [0.4, 0.5) is 0 Å². The number of amides is 5. The van der Waals surface area contributed by atoms with Crippen LogP contribution < -0.4 is 33.2 Å². The van der Waals surface area contributed by atoms with Crippen molar-refractivity contribution in [2.45, 2.75) is 56.3 Å². The Bertz CT molecular complexity index is 1240. The van der Waals surface area contributed by atoms with Gasteiger partial charge < -0.3 is 43.2 Å². The van der Waals surface area contributed by atoms with Crippen molar-refractivity contribution in [3.05, 3.63) is 36.0 Å². The van der Waals surface area contributed by atoms with E-state index in [0.29, 0.717) is 11.3 Å². The minimum Gasteiger partial charge on any atom is -0.480 e. The standard InChI is InChI=1S/C25H35N7O7S/c1-40-9-8-17(30-22(35)15(26)11-21(28)34)23(36)32-19(10-13-12-29-16-5-3-2-4-14(13)16)24(37)31-18(25(38)39)6-7-20(27)33/h2-5,12,15,17-19,29H,6-11,26H2,1H3,(H2,27,33)(H2,28,34)(H,30,35)(H,31,37)(H,32,36)(H,38,39). The van der Waals surface area contributed by atoms with E-state index in [-0.39, 0.29) is 25.7 Å². The molecule has 40 heavy (non-hydrogen) atoms. The van der Waals surface area contributed by atoms with Gasteiger partial charge in [0.25, 0.3) is 0 Å². The summed E-state index contributed by atoms with van der Waals surface area (Å²) in [6, 6.07) is 2.23. The Balaban J connectivity index is 2.31. The molecule has 0 aliphatic carbocycles. The maximum absolute atomic E-state index is 13.3. The Morgan fingerprint density at radius 3 is 2.15 bits per heavy atom. The van der Waals surface area contributed by atoms with Crippen molar-refractivity contribution in [2.75, 3.05) is 12.0 Å². The summed E-state index contributed by atoms with van der Waals surface area (Å²) in [5.41, 5.74) is 17.4. The average molecular weight is 578 g/mol. The first-order valence-electron chi connectivity index (χ1n) is 12.4. The number of nitrogens with one attached hydrogen (secondary N) is 4. The molecule has 0 saturated heterocycles. The number of carboxylic acid groups (broad SMARTS) is 1. The van der Waals surface area contributed by atoms with Gasteiger partial charge in [-0.25, -0.2) is 4.79 Å². The van der Waals surface area contributed by atoms with Crippen LogP contribution in [0, 0.1) is 0 Å². The van der Waals surface area contributed by atoms with Crippen molar-refractivity contribution in [1.82, 2.24) is 20.9 Å². The van der Waals surface area contributed by atoms with Crippen LogP contribution >= 0.6 is 11.8 Å². The van der Waals surface area contributed by atoms with E-state index < -0.39 is 66.1 Å². The average Bonchev–Trinajstić information content (AvgIpc) is 3.30. The number of primary amides is 2. The minimum absolute atomic E-state index is 0.0197. The lowest BCUT2D eigenvalue weighted by Gasteiger charge is -2.25. The number of fused-ring (bicyclic) bond motifs is 1. The topological polar surface area (TPSA) is 253 Å². The van der Waals surface area contributed by atoms with Crippen LogP contribution in [0.1, 0.15) is 31.2 Å². The number of aliphatic carboxylic acids is 1. The highest BCUT2D eigenvalue weighted by Crippen LogP contribution is 2.19. The van der Waals surface area contributed by atoms with Gasteiger partial charge in [-0.15, -0.1) is 0 Å². The van der Waals surface area contributed by atoms with E-state index in [1.807, 2.05) is 18.2 Å². The summed E-state index contributed by atoms with van der Waals surface area (Å²) in [4.78, 5) is 76.3. The first-order valence-corrected chi connectivity index (χ1v) is 13.8. The molecule has 0 radical (unpaired) electrons. The molecule has 2 rings (SSSR count). The second-order valence-corrected chi connectivity index (χ2v) is 10.1. The molecular weight excluding hydrogens is 542 g/mol. The van der Waals surface area contributed by atoms with Crippen molar-refractivity contribution in [1.29, 1.82) is 0 Å². The van der Waals surface area contributed by atoms with Crippen molar-refractivity contribution >= 4 is 58.2 Å². The molecule has 4 atom stereocenters. The van der Waals surface area contributed by atoms with Crippen LogP contribution in [0.25, 0.3) is 10.9 Å². The summed E-state index contributed by atoms with van der Waals surface area (Å²) < 4.78 is 0. The highest BCUT2D eigenvalue weighted by atomic mass is 32.2. The molecule has 0 fully saturated rings. The summed E-state index contributed by atoms with van der Waals surface area (Å²) in [6.07, 6.45) is 2.71. The fourth-order valence-corrected chi connectivity index (χ4v) is 4.38. The van der Waals surface area contributed by atoms with Crippen LogP contribution in [0.5, 0.6) is 0 Å². The number of carboxylic acids is 1. The largest absolute Gasteiger partial charge is 0.480 e. The first-order chi connectivity index (χ1) is 18.9. The lowest BCUT2D eigenvalue weighted by Crippen LogP contribution is -2.58. The van der Waals surface area contributed by atoms with Crippen molar-refractivity contribution in [3.63, 3.8) is 0 Å². The number of carbonyl (C=O) groups excluding carboxylic acids is 5. The summed E-state index contributed by atoms with van der Waals surface area (Å²) >= 11 is 1.42. The van der Waals surface area contributed by atoms with E-state index in [1.54, 1.807) is 18.5 Å². The molecule has 2 aromatic rings. The number of thioether (sulfide) groups is 1. The minimum atomic E-state index is -1.43. The lowest BCUT2D eigenvalue weighted by molar-refractivity contribution is -0.142. The van der Waals surface area contributed by atoms with E-state index in [1.165, 1.54) is 11.8 Å². The quantitative estimate of drug-likeness (QED) is 0.108. The van der Waals surface area contributed by atoms with E-state index >= 15 is 0 Å². The summed E-state index contributed by atoms with van der Waals surface area (Å²) in [7, 11) is 0. The smallest absolute Gasteiger partial charge is 0.326 e. The number of aromatic amines is 1.